The first-order chi connectivity index (χ1) is 4.33. The third-order valence-electron chi connectivity index (χ3n) is 1.37. The molecule has 1 aliphatic heterocycles. The van der Waals surface area contributed by atoms with Gasteiger partial charge in [0, 0.05) is 13.1 Å². The van der Waals surface area contributed by atoms with E-state index in [-0.39, 0.29) is 12.7 Å². The summed E-state index contributed by atoms with van der Waals surface area (Å²) >= 11 is 0. The van der Waals surface area contributed by atoms with Crippen molar-refractivity contribution in [3.05, 3.63) is 0 Å². The van der Waals surface area contributed by atoms with E-state index in [0.29, 0.717) is 13.2 Å². The molecule has 0 aliphatic carbocycles. The van der Waals surface area contributed by atoms with Gasteiger partial charge in [-0.3, -0.25) is 5.84 Å². The van der Waals surface area contributed by atoms with Gasteiger partial charge >= 0.3 is 0 Å². The predicted molar refractivity (Wildman–Crippen MR) is 32.6 cm³/mol. The highest BCUT2D eigenvalue weighted by molar-refractivity contribution is 4.65. The van der Waals surface area contributed by atoms with Crippen LogP contribution in [0.2, 0.25) is 0 Å². The molecule has 0 saturated carbocycles. The zero-order valence-electron chi connectivity index (χ0n) is 5.29. The SMILES string of the molecule is NN1CCO[C@@H](CO)C1. The zero-order chi connectivity index (χ0) is 6.69. The van der Waals surface area contributed by atoms with E-state index < -0.39 is 0 Å². The molecule has 1 saturated heterocycles. The predicted octanol–water partition coefficient (Wildman–Crippen LogP) is -1.45. The van der Waals surface area contributed by atoms with Crippen LogP contribution in [0.1, 0.15) is 0 Å². The van der Waals surface area contributed by atoms with Crippen LogP contribution in [-0.4, -0.2) is 42.5 Å². The fourth-order valence-electron chi connectivity index (χ4n) is 0.853. The average molecular weight is 132 g/mol. The molecule has 54 valence electrons. The van der Waals surface area contributed by atoms with Crippen molar-refractivity contribution in [3.8, 4) is 0 Å². The molecule has 0 amide bonds. The summed E-state index contributed by atoms with van der Waals surface area (Å²) < 4.78 is 5.13. The Morgan fingerprint density at radius 3 is 3.00 bits per heavy atom. The van der Waals surface area contributed by atoms with Crippen LogP contribution in [-0.2, 0) is 4.74 Å². The van der Waals surface area contributed by atoms with Gasteiger partial charge < -0.3 is 9.84 Å². The van der Waals surface area contributed by atoms with Crippen molar-refractivity contribution in [1.82, 2.24) is 5.01 Å². The number of aliphatic hydroxyl groups excluding tert-OH is 1. The van der Waals surface area contributed by atoms with Crippen LogP contribution in [0.4, 0.5) is 0 Å². The van der Waals surface area contributed by atoms with Crippen molar-refractivity contribution in [1.29, 1.82) is 0 Å². The summed E-state index contributed by atoms with van der Waals surface area (Å²) in [5.41, 5.74) is 0. The van der Waals surface area contributed by atoms with Crippen molar-refractivity contribution in [3.63, 3.8) is 0 Å². The fraction of sp³-hybridized carbons (Fsp3) is 1.00. The minimum Gasteiger partial charge on any atom is -0.394 e. The Balaban J connectivity index is 2.23. The zero-order valence-corrected chi connectivity index (χ0v) is 5.29. The minimum absolute atomic E-state index is 0.0632. The lowest BCUT2D eigenvalue weighted by atomic mass is 10.3. The van der Waals surface area contributed by atoms with Crippen molar-refractivity contribution in [2.75, 3.05) is 26.3 Å². The van der Waals surface area contributed by atoms with Gasteiger partial charge in [-0.15, -0.1) is 0 Å². The average Bonchev–Trinajstić information content (AvgIpc) is 1.88. The molecule has 0 bridgehead atoms. The first kappa shape index (κ1) is 6.95. The van der Waals surface area contributed by atoms with Gasteiger partial charge in [0.05, 0.1) is 19.3 Å². The number of hydrogen-bond donors (Lipinski definition) is 2. The molecule has 1 aliphatic rings. The largest absolute Gasteiger partial charge is 0.394 e. The van der Waals surface area contributed by atoms with Gasteiger partial charge in [-0.05, 0) is 0 Å². The fourth-order valence-corrected chi connectivity index (χ4v) is 0.853. The minimum atomic E-state index is -0.0799. The van der Waals surface area contributed by atoms with Crippen molar-refractivity contribution in [2.24, 2.45) is 5.84 Å². The van der Waals surface area contributed by atoms with E-state index in [0.717, 1.165) is 6.54 Å². The Bertz CT molecular complexity index is 89.0. The second-order valence-electron chi connectivity index (χ2n) is 2.17. The maximum absolute atomic E-state index is 8.60. The van der Waals surface area contributed by atoms with Gasteiger partial charge in [-0.1, -0.05) is 0 Å². The van der Waals surface area contributed by atoms with Crippen molar-refractivity contribution in [2.45, 2.75) is 6.10 Å². The Morgan fingerprint density at radius 2 is 2.56 bits per heavy atom. The molecule has 1 fully saturated rings. The van der Waals surface area contributed by atoms with Crippen molar-refractivity contribution >= 4 is 0 Å². The molecule has 0 radical (unpaired) electrons. The van der Waals surface area contributed by atoms with Gasteiger partial charge in [0.2, 0.25) is 0 Å². The van der Waals surface area contributed by atoms with Crippen LogP contribution in [0.5, 0.6) is 0 Å². The molecule has 0 aromatic heterocycles. The van der Waals surface area contributed by atoms with E-state index in [2.05, 4.69) is 0 Å². The molecule has 1 atom stereocenters. The third-order valence-corrected chi connectivity index (χ3v) is 1.37. The van der Waals surface area contributed by atoms with E-state index >= 15 is 0 Å². The van der Waals surface area contributed by atoms with Crippen LogP contribution in [0, 0.1) is 0 Å². The number of rotatable bonds is 1. The van der Waals surface area contributed by atoms with Gasteiger partial charge in [0.15, 0.2) is 0 Å². The van der Waals surface area contributed by atoms with Gasteiger partial charge in [0.25, 0.3) is 0 Å². The monoisotopic (exact) mass is 132 g/mol. The molecule has 9 heavy (non-hydrogen) atoms. The second-order valence-corrected chi connectivity index (χ2v) is 2.17. The van der Waals surface area contributed by atoms with Crippen LogP contribution in [0.15, 0.2) is 0 Å². The summed E-state index contributed by atoms with van der Waals surface area (Å²) in [5, 5.41) is 10.3. The van der Waals surface area contributed by atoms with Gasteiger partial charge in [0.1, 0.15) is 0 Å². The van der Waals surface area contributed by atoms with Gasteiger partial charge in [-0.2, -0.15) is 0 Å². The molecule has 1 rings (SSSR count). The summed E-state index contributed by atoms with van der Waals surface area (Å²) in [4.78, 5) is 0. The first-order valence-electron chi connectivity index (χ1n) is 3.05. The molecule has 1 heterocycles. The highest BCUT2D eigenvalue weighted by atomic mass is 16.5. The molecule has 4 heteroatoms. The molecule has 4 nitrogen and oxygen atoms in total. The number of hydrazine groups is 1. The van der Waals surface area contributed by atoms with Crippen molar-refractivity contribution < 1.29 is 9.84 Å². The molecule has 0 spiro atoms. The van der Waals surface area contributed by atoms with Crippen LogP contribution in [0.3, 0.4) is 0 Å². The highest BCUT2D eigenvalue weighted by Crippen LogP contribution is 1.98. The Hall–Kier alpha value is -0.160. The first-order valence-corrected chi connectivity index (χ1v) is 3.05. The van der Waals surface area contributed by atoms with Crippen LogP contribution >= 0.6 is 0 Å². The maximum Gasteiger partial charge on any atom is 0.0946 e. The molecule has 0 aromatic carbocycles. The lowest BCUT2D eigenvalue weighted by Gasteiger charge is -2.27. The lowest BCUT2D eigenvalue weighted by molar-refractivity contribution is -0.0531. The van der Waals surface area contributed by atoms with E-state index in [9.17, 15) is 0 Å². The number of nitrogens with zero attached hydrogens (tertiary/aromatic N) is 1. The Morgan fingerprint density at radius 1 is 1.78 bits per heavy atom. The summed E-state index contributed by atoms with van der Waals surface area (Å²) in [7, 11) is 0. The summed E-state index contributed by atoms with van der Waals surface area (Å²) in [6.07, 6.45) is -0.0799. The molecule has 0 aromatic rings. The normalized spacial score (nSPS) is 30.7. The third kappa shape index (κ3) is 1.91. The van der Waals surface area contributed by atoms with E-state index in [1.807, 2.05) is 0 Å². The number of aliphatic hydroxyl groups is 1. The Labute approximate surface area is 54.2 Å². The topological polar surface area (TPSA) is 58.7 Å². The second kappa shape index (κ2) is 3.12. The van der Waals surface area contributed by atoms with Crippen LogP contribution < -0.4 is 5.84 Å². The summed E-state index contributed by atoms with van der Waals surface area (Å²) in [6.45, 7) is 2.09. The molecular weight excluding hydrogens is 120 g/mol. The standard InChI is InChI=1S/C5H12N2O2/c6-7-1-2-9-5(3-7)4-8/h5,8H,1-4,6H2/t5-/m1/s1. The van der Waals surface area contributed by atoms with E-state index in [1.54, 1.807) is 5.01 Å². The summed E-state index contributed by atoms with van der Waals surface area (Å²) in [6, 6.07) is 0. The van der Waals surface area contributed by atoms with Crippen LogP contribution in [0.25, 0.3) is 0 Å². The molecular formula is C5H12N2O2. The number of morpholine rings is 1. The summed E-state index contributed by atoms with van der Waals surface area (Å²) in [5.74, 6) is 5.44. The van der Waals surface area contributed by atoms with E-state index in [4.69, 9.17) is 15.7 Å². The number of ether oxygens (including phenoxy) is 1. The smallest absolute Gasteiger partial charge is 0.0946 e. The maximum atomic E-state index is 8.60. The van der Waals surface area contributed by atoms with Gasteiger partial charge in [-0.25, -0.2) is 5.01 Å². The molecule has 0 unspecified atom stereocenters. The molecule has 3 N–H and O–H groups in total. The lowest BCUT2D eigenvalue weighted by Crippen LogP contribution is -2.47. The number of nitrogens with two attached hydrogens (primary N) is 1. The highest BCUT2D eigenvalue weighted by Gasteiger charge is 2.16. The van der Waals surface area contributed by atoms with E-state index in [1.165, 1.54) is 0 Å². The number of hydrogen-bond acceptors (Lipinski definition) is 4. The quantitative estimate of drug-likeness (QED) is 0.429. The Kier molecular flexibility index (Phi) is 2.41.